The van der Waals surface area contributed by atoms with Crippen molar-refractivity contribution < 1.29 is 9.53 Å². The first-order chi connectivity index (χ1) is 10.2. The number of nitrogens with zero attached hydrogens (tertiary/aromatic N) is 2. The SMILES string of the molecule is CNc1cccc(C(=O)Nc2c(C#N)cccc2OC)n1. The predicted molar refractivity (Wildman–Crippen MR) is 79.4 cm³/mol. The fourth-order valence-electron chi connectivity index (χ4n) is 1.80. The highest BCUT2D eigenvalue weighted by atomic mass is 16.5. The Morgan fingerprint density at radius 2 is 2.05 bits per heavy atom. The van der Waals surface area contributed by atoms with E-state index in [-0.39, 0.29) is 5.69 Å². The lowest BCUT2D eigenvalue weighted by molar-refractivity contribution is 0.102. The zero-order valence-corrected chi connectivity index (χ0v) is 11.7. The van der Waals surface area contributed by atoms with E-state index in [9.17, 15) is 4.79 Å². The Hall–Kier alpha value is -3.07. The minimum atomic E-state index is -0.409. The summed E-state index contributed by atoms with van der Waals surface area (Å²) in [5.74, 6) is 0.600. The molecule has 1 heterocycles. The summed E-state index contributed by atoms with van der Waals surface area (Å²) < 4.78 is 5.17. The fourth-order valence-corrected chi connectivity index (χ4v) is 1.80. The van der Waals surface area contributed by atoms with Gasteiger partial charge in [0.05, 0.1) is 12.7 Å². The van der Waals surface area contributed by atoms with Gasteiger partial charge < -0.3 is 15.4 Å². The lowest BCUT2D eigenvalue weighted by atomic mass is 10.1. The van der Waals surface area contributed by atoms with Gasteiger partial charge >= 0.3 is 0 Å². The average Bonchev–Trinajstić information content (AvgIpc) is 2.54. The number of methoxy groups -OCH3 is 1. The summed E-state index contributed by atoms with van der Waals surface area (Å²) in [6.07, 6.45) is 0. The largest absolute Gasteiger partial charge is 0.495 e. The van der Waals surface area contributed by atoms with Crippen molar-refractivity contribution in [3.05, 3.63) is 47.7 Å². The van der Waals surface area contributed by atoms with Crippen molar-refractivity contribution in [3.63, 3.8) is 0 Å². The molecule has 21 heavy (non-hydrogen) atoms. The van der Waals surface area contributed by atoms with Gasteiger partial charge in [-0.25, -0.2) is 4.98 Å². The van der Waals surface area contributed by atoms with Crippen molar-refractivity contribution in [3.8, 4) is 11.8 Å². The third-order valence-electron chi connectivity index (χ3n) is 2.84. The van der Waals surface area contributed by atoms with Gasteiger partial charge in [0, 0.05) is 7.05 Å². The molecule has 0 aliphatic heterocycles. The zero-order valence-electron chi connectivity index (χ0n) is 11.7. The maximum atomic E-state index is 12.3. The number of carbonyl (C=O) groups is 1. The van der Waals surface area contributed by atoms with Crippen LogP contribution in [0.2, 0.25) is 0 Å². The number of ether oxygens (including phenoxy) is 1. The van der Waals surface area contributed by atoms with E-state index in [4.69, 9.17) is 10.00 Å². The van der Waals surface area contributed by atoms with E-state index < -0.39 is 5.91 Å². The van der Waals surface area contributed by atoms with Gasteiger partial charge in [0.2, 0.25) is 0 Å². The number of hydrogen-bond acceptors (Lipinski definition) is 5. The van der Waals surface area contributed by atoms with Crippen LogP contribution >= 0.6 is 0 Å². The molecule has 106 valence electrons. The maximum absolute atomic E-state index is 12.3. The highest BCUT2D eigenvalue weighted by Gasteiger charge is 2.14. The smallest absolute Gasteiger partial charge is 0.274 e. The van der Waals surface area contributed by atoms with Crippen LogP contribution in [0.1, 0.15) is 16.1 Å². The number of nitrogens with one attached hydrogen (secondary N) is 2. The highest BCUT2D eigenvalue weighted by Crippen LogP contribution is 2.28. The topological polar surface area (TPSA) is 87.0 Å². The zero-order chi connectivity index (χ0) is 15.2. The van der Waals surface area contributed by atoms with Crippen LogP contribution in [0, 0.1) is 11.3 Å². The van der Waals surface area contributed by atoms with Crippen molar-refractivity contribution in [2.75, 3.05) is 24.8 Å². The van der Waals surface area contributed by atoms with Crippen molar-refractivity contribution in [1.29, 1.82) is 5.26 Å². The number of rotatable bonds is 4. The Labute approximate surface area is 122 Å². The molecule has 0 saturated carbocycles. The third kappa shape index (κ3) is 3.09. The molecule has 0 unspecified atom stereocenters. The predicted octanol–water partition coefficient (Wildman–Crippen LogP) is 2.26. The second-order valence-corrected chi connectivity index (χ2v) is 4.11. The van der Waals surface area contributed by atoms with Crippen LogP contribution in [0.5, 0.6) is 5.75 Å². The molecule has 0 spiro atoms. The minimum absolute atomic E-state index is 0.247. The minimum Gasteiger partial charge on any atom is -0.495 e. The molecule has 1 aromatic heterocycles. The summed E-state index contributed by atoms with van der Waals surface area (Å²) >= 11 is 0. The quantitative estimate of drug-likeness (QED) is 0.898. The molecule has 2 N–H and O–H groups in total. The molecule has 6 heteroatoms. The molecular formula is C15H14N4O2. The van der Waals surface area contributed by atoms with E-state index in [0.29, 0.717) is 22.8 Å². The van der Waals surface area contributed by atoms with Gasteiger partial charge in [-0.3, -0.25) is 4.79 Å². The molecule has 0 radical (unpaired) electrons. The third-order valence-corrected chi connectivity index (χ3v) is 2.84. The van der Waals surface area contributed by atoms with Crippen LogP contribution in [0.15, 0.2) is 36.4 Å². The van der Waals surface area contributed by atoms with Crippen LogP contribution in [0.4, 0.5) is 11.5 Å². The molecule has 2 rings (SSSR count). The molecule has 6 nitrogen and oxygen atoms in total. The van der Waals surface area contributed by atoms with E-state index in [0.717, 1.165) is 0 Å². The summed E-state index contributed by atoms with van der Waals surface area (Å²) in [4.78, 5) is 16.4. The number of carbonyl (C=O) groups excluding carboxylic acids is 1. The number of benzene rings is 1. The average molecular weight is 282 g/mol. The maximum Gasteiger partial charge on any atom is 0.274 e. The summed E-state index contributed by atoms with van der Waals surface area (Å²) in [6.45, 7) is 0. The normalized spacial score (nSPS) is 9.57. The van der Waals surface area contributed by atoms with Crippen molar-refractivity contribution in [2.45, 2.75) is 0 Å². The molecule has 2 aromatic rings. The lowest BCUT2D eigenvalue weighted by Gasteiger charge is -2.11. The van der Waals surface area contributed by atoms with E-state index in [1.54, 1.807) is 43.4 Å². The van der Waals surface area contributed by atoms with Crippen LogP contribution in [-0.4, -0.2) is 25.0 Å². The molecule has 0 atom stereocenters. The molecule has 0 fully saturated rings. The molecule has 0 aliphatic rings. The Morgan fingerprint density at radius 3 is 2.71 bits per heavy atom. The monoisotopic (exact) mass is 282 g/mol. The second kappa shape index (κ2) is 6.39. The fraction of sp³-hybridized carbons (Fsp3) is 0.133. The number of hydrogen-bond donors (Lipinski definition) is 2. The van der Waals surface area contributed by atoms with E-state index in [2.05, 4.69) is 15.6 Å². The van der Waals surface area contributed by atoms with Crippen molar-refractivity contribution in [1.82, 2.24) is 4.98 Å². The van der Waals surface area contributed by atoms with Crippen LogP contribution in [-0.2, 0) is 0 Å². The van der Waals surface area contributed by atoms with Gasteiger partial charge in [0.15, 0.2) is 0 Å². The first-order valence-electron chi connectivity index (χ1n) is 6.23. The molecule has 0 bridgehead atoms. The van der Waals surface area contributed by atoms with Gasteiger partial charge in [-0.2, -0.15) is 5.26 Å². The van der Waals surface area contributed by atoms with Gasteiger partial charge in [0.1, 0.15) is 29.0 Å². The van der Waals surface area contributed by atoms with Gasteiger partial charge in [-0.1, -0.05) is 12.1 Å². The van der Waals surface area contributed by atoms with Crippen LogP contribution < -0.4 is 15.4 Å². The number of nitriles is 1. The van der Waals surface area contributed by atoms with Gasteiger partial charge in [-0.15, -0.1) is 0 Å². The van der Waals surface area contributed by atoms with E-state index in [1.807, 2.05) is 6.07 Å². The molecule has 1 aromatic carbocycles. The Morgan fingerprint density at radius 1 is 1.29 bits per heavy atom. The first-order valence-corrected chi connectivity index (χ1v) is 6.23. The Kier molecular flexibility index (Phi) is 4.36. The van der Waals surface area contributed by atoms with Gasteiger partial charge in [-0.05, 0) is 24.3 Å². The Balaban J connectivity index is 2.33. The van der Waals surface area contributed by atoms with Crippen molar-refractivity contribution >= 4 is 17.4 Å². The number of aromatic nitrogens is 1. The Bertz CT molecular complexity index is 707. The summed E-state index contributed by atoms with van der Waals surface area (Å²) in [7, 11) is 3.20. The molecule has 0 aliphatic carbocycles. The number of amides is 1. The second-order valence-electron chi connectivity index (χ2n) is 4.11. The first kappa shape index (κ1) is 14.3. The number of para-hydroxylation sites is 1. The van der Waals surface area contributed by atoms with Crippen LogP contribution in [0.3, 0.4) is 0 Å². The number of pyridine rings is 1. The molecule has 1 amide bonds. The van der Waals surface area contributed by atoms with E-state index >= 15 is 0 Å². The summed E-state index contributed by atoms with van der Waals surface area (Å²) in [6, 6.07) is 12.1. The standard InChI is InChI=1S/C15H14N4O2/c1-17-13-8-4-6-11(18-13)15(20)19-14-10(9-16)5-3-7-12(14)21-2/h3-8H,1-2H3,(H,17,18)(H,19,20). The highest BCUT2D eigenvalue weighted by molar-refractivity contribution is 6.04. The van der Waals surface area contributed by atoms with Crippen LogP contribution in [0.25, 0.3) is 0 Å². The van der Waals surface area contributed by atoms with Crippen molar-refractivity contribution in [2.24, 2.45) is 0 Å². The summed E-state index contributed by atoms with van der Waals surface area (Å²) in [5.41, 5.74) is 0.910. The van der Waals surface area contributed by atoms with Gasteiger partial charge in [0.25, 0.3) is 5.91 Å². The number of anilines is 2. The summed E-state index contributed by atoms with van der Waals surface area (Å²) in [5, 5.41) is 14.7. The molecule has 0 saturated heterocycles. The molecular weight excluding hydrogens is 268 g/mol. The lowest BCUT2D eigenvalue weighted by Crippen LogP contribution is -2.15. The van der Waals surface area contributed by atoms with E-state index in [1.165, 1.54) is 7.11 Å².